The Morgan fingerprint density at radius 3 is 2.75 bits per heavy atom. The fourth-order valence-electron chi connectivity index (χ4n) is 1.93. The van der Waals surface area contributed by atoms with Gasteiger partial charge in [0.1, 0.15) is 5.76 Å². The normalized spacial score (nSPS) is 12.4. The summed E-state index contributed by atoms with van der Waals surface area (Å²) in [5, 5.41) is 2.95. The number of carbonyl (C=O) groups excluding carboxylic acids is 1. The summed E-state index contributed by atoms with van der Waals surface area (Å²) >= 11 is 0. The van der Waals surface area contributed by atoms with Gasteiger partial charge >= 0.3 is 0 Å². The third-order valence-corrected chi connectivity index (χ3v) is 3.04. The monoisotopic (exact) mass is 269 g/mol. The first-order valence-electron chi connectivity index (χ1n) is 6.80. The van der Waals surface area contributed by atoms with Gasteiger partial charge in [0, 0.05) is 12.1 Å². The van der Waals surface area contributed by atoms with Crippen molar-refractivity contribution in [3.63, 3.8) is 0 Å². The Balaban J connectivity index is 1.74. The number of aryl methyl sites for hydroxylation is 1. The molecule has 2 aromatic rings. The standard InChI is InChI=1S/C17H19NO2/c1-14(9-10-15-6-3-2-4-7-15)18-17(19)12-11-16-8-5-13-20-16/h2-8,11-14H,9-10H2,1H3,(H,18,19). The lowest BCUT2D eigenvalue weighted by Gasteiger charge is -2.12. The number of nitrogens with one attached hydrogen (secondary N) is 1. The smallest absolute Gasteiger partial charge is 0.244 e. The number of benzene rings is 1. The summed E-state index contributed by atoms with van der Waals surface area (Å²) in [5.41, 5.74) is 1.29. The molecule has 1 aromatic carbocycles. The molecule has 0 bridgehead atoms. The number of amides is 1. The van der Waals surface area contributed by atoms with Gasteiger partial charge in [0.2, 0.25) is 5.91 Å². The lowest BCUT2D eigenvalue weighted by atomic mass is 10.1. The molecule has 1 atom stereocenters. The second-order valence-electron chi connectivity index (χ2n) is 4.78. The third kappa shape index (κ3) is 4.76. The molecule has 2 rings (SSSR count). The van der Waals surface area contributed by atoms with Gasteiger partial charge in [-0.15, -0.1) is 0 Å². The maximum absolute atomic E-state index is 11.7. The number of furan rings is 1. The SMILES string of the molecule is CC(CCc1ccccc1)NC(=O)C=Cc1ccco1. The van der Waals surface area contributed by atoms with Crippen molar-refractivity contribution in [2.45, 2.75) is 25.8 Å². The summed E-state index contributed by atoms with van der Waals surface area (Å²) in [5.74, 6) is 0.582. The molecule has 1 N–H and O–H groups in total. The maximum Gasteiger partial charge on any atom is 0.244 e. The summed E-state index contributed by atoms with van der Waals surface area (Å²) in [6.07, 6.45) is 6.63. The highest BCUT2D eigenvalue weighted by Crippen LogP contribution is 2.05. The molecule has 104 valence electrons. The van der Waals surface area contributed by atoms with E-state index in [9.17, 15) is 4.79 Å². The van der Waals surface area contributed by atoms with Crippen molar-refractivity contribution in [2.24, 2.45) is 0 Å². The Kier molecular flexibility index (Phi) is 5.18. The van der Waals surface area contributed by atoms with E-state index >= 15 is 0 Å². The highest BCUT2D eigenvalue weighted by molar-refractivity contribution is 5.91. The molecule has 0 aliphatic heterocycles. The van der Waals surface area contributed by atoms with Gasteiger partial charge in [-0.1, -0.05) is 30.3 Å². The van der Waals surface area contributed by atoms with Crippen LogP contribution in [0.25, 0.3) is 6.08 Å². The summed E-state index contributed by atoms with van der Waals surface area (Å²) in [6.45, 7) is 2.02. The van der Waals surface area contributed by atoms with Crippen molar-refractivity contribution in [2.75, 3.05) is 0 Å². The summed E-state index contributed by atoms with van der Waals surface area (Å²) < 4.78 is 5.13. The molecule has 0 spiro atoms. The van der Waals surface area contributed by atoms with Crippen LogP contribution in [0.3, 0.4) is 0 Å². The van der Waals surface area contributed by atoms with Crippen molar-refractivity contribution in [1.29, 1.82) is 0 Å². The minimum atomic E-state index is -0.0954. The largest absolute Gasteiger partial charge is 0.465 e. The Morgan fingerprint density at radius 2 is 2.05 bits per heavy atom. The highest BCUT2D eigenvalue weighted by Gasteiger charge is 2.05. The minimum absolute atomic E-state index is 0.0954. The molecular weight excluding hydrogens is 250 g/mol. The van der Waals surface area contributed by atoms with E-state index in [0.29, 0.717) is 5.76 Å². The zero-order chi connectivity index (χ0) is 14.2. The first-order valence-corrected chi connectivity index (χ1v) is 6.80. The van der Waals surface area contributed by atoms with Gasteiger partial charge in [-0.05, 0) is 43.5 Å². The van der Waals surface area contributed by atoms with E-state index in [1.807, 2.05) is 31.2 Å². The number of hydrogen-bond acceptors (Lipinski definition) is 2. The Bertz CT molecular complexity index is 544. The molecule has 0 saturated heterocycles. The van der Waals surface area contributed by atoms with E-state index in [-0.39, 0.29) is 11.9 Å². The van der Waals surface area contributed by atoms with Crippen LogP contribution in [-0.2, 0) is 11.2 Å². The molecule has 3 heteroatoms. The predicted octanol–water partition coefficient (Wildman–Crippen LogP) is 3.43. The minimum Gasteiger partial charge on any atom is -0.465 e. The Hall–Kier alpha value is -2.29. The topological polar surface area (TPSA) is 42.2 Å². The van der Waals surface area contributed by atoms with Gasteiger partial charge < -0.3 is 9.73 Å². The fourth-order valence-corrected chi connectivity index (χ4v) is 1.93. The van der Waals surface area contributed by atoms with Crippen molar-refractivity contribution in [1.82, 2.24) is 5.32 Å². The van der Waals surface area contributed by atoms with E-state index in [4.69, 9.17) is 4.42 Å². The quantitative estimate of drug-likeness (QED) is 0.816. The summed E-state index contributed by atoms with van der Waals surface area (Å²) in [4.78, 5) is 11.7. The molecule has 1 aromatic heterocycles. The molecule has 1 heterocycles. The van der Waals surface area contributed by atoms with E-state index in [1.54, 1.807) is 18.4 Å². The number of rotatable bonds is 6. The van der Waals surface area contributed by atoms with Gasteiger partial charge in [0.25, 0.3) is 0 Å². The van der Waals surface area contributed by atoms with E-state index < -0.39 is 0 Å². The van der Waals surface area contributed by atoms with Crippen molar-refractivity contribution < 1.29 is 9.21 Å². The summed E-state index contributed by atoms with van der Waals surface area (Å²) in [6, 6.07) is 14.0. The van der Waals surface area contributed by atoms with Gasteiger partial charge in [0.15, 0.2) is 0 Å². The molecule has 0 aliphatic carbocycles. The zero-order valence-corrected chi connectivity index (χ0v) is 11.6. The molecular formula is C17H19NO2. The van der Waals surface area contributed by atoms with Crippen LogP contribution in [0.15, 0.2) is 59.2 Å². The Labute approximate surface area is 119 Å². The molecule has 3 nitrogen and oxygen atoms in total. The first kappa shape index (κ1) is 14.1. The van der Waals surface area contributed by atoms with E-state index in [1.165, 1.54) is 11.6 Å². The van der Waals surface area contributed by atoms with Crippen LogP contribution in [-0.4, -0.2) is 11.9 Å². The molecule has 0 fully saturated rings. The number of carbonyl (C=O) groups is 1. The van der Waals surface area contributed by atoms with Crippen molar-refractivity contribution in [3.05, 3.63) is 66.1 Å². The van der Waals surface area contributed by atoms with Crippen LogP contribution < -0.4 is 5.32 Å². The predicted molar refractivity (Wildman–Crippen MR) is 80.1 cm³/mol. The fraction of sp³-hybridized carbons (Fsp3) is 0.235. The Morgan fingerprint density at radius 1 is 1.25 bits per heavy atom. The first-order chi connectivity index (χ1) is 9.74. The van der Waals surface area contributed by atoms with Crippen LogP contribution in [0.2, 0.25) is 0 Å². The highest BCUT2D eigenvalue weighted by atomic mass is 16.3. The van der Waals surface area contributed by atoms with Gasteiger partial charge in [0.05, 0.1) is 6.26 Å². The van der Waals surface area contributed by atoms with Crippen molar-refractivity contribution in [3.8, 4) is 0 Å². The average Bonchev–Trinajstić information content (AvgIpc) is 2.97. The summed E-state index contributed by atoms with van der Waals surface area (Å²) in [7, 11) is 0. The van der Waals surface area contributed by atoms with Crippen LogP contribution in [0.1, 0.15) is 24.7 Å². The molecule has 1 amide bonds. The third-order valence-electron chi connectivity index (χ3n) is 3.04. The van der Waals surface area contributed by atoms with Gasteiger partial charge in [-0.25, -0.2) is 0 Å². The second kappa shape index (κ2) is 7.34. The lowest BCUT2D eigenvalue weighted by molar-refractivity contribution is -0.117. The molecule has 20 heavy (non-hydrogen) atoms. The second-order valence-corrected chi connectivity index (χ2v) is 4.78. The van der Waals surface area contributed by atoms with Gasteiger partial charge in [-0.2, -0.15) is 0 Å². The van der Waals surface area contributed by atoms with Crippen LogP contribution in [0, 0.1) is 0 Å². The molecule has 0 aliphatic rings. The zero-order valence-electron chi connectivity index (χ0n) is 11.6. The molecule has 0 saturated carbocycles. The van der Waals surface area contributed by atoms with Crippen LogP contribution >= 0.6 is 0 Å². The number of hydrogen-bond donors (Lipinski definition) is 1. The maximum atomic E-state index is 11.7. The van der Waals surface area contributed by atoms with Crippen LogP contribution in [0.5, 0.6) is 0 Å². The van der Waals surface area contributed by atoms with Crippen molar-refractivity contribution >= 4 is 12.0 Å². The van der Waals surface area contributed by atoms with E-state index in [0.717, 1.165) is 12.8 Å². The van der Waals surface area contributed by atoms with Crippen LogP contribution in [0.4, 0.5) is 0 Å². The average molecular weight is 269 g/mol. The molecule has 0 radical (unpaired) electrons. The lowest BCUT2D eigenvalue weighted by Crippen LogP contribution is -2.31. The molecule has 1 unspecified atom stereocenters. The van der Waals surface area contributed by atoms with Gasteiger partial charge in [-0.3, -0.25) is 4.79 Å². The van der Waals surface area contributed by atoms with E-state index in [2.05, 4.69) is 17.4 Å².